The number of rotatable bonds is 13. The molecule has 1 aromatic carbocycles. The second kappa shape index (κ2) is 13.1. The fraction of sp³-hybridized carbons (Fsp3) is 0.591. The molecule has 0 heterocycles. The molecule has 1 atom stereocenters. The molecule has 0 spiro atoms. The van der Waals surface area contributed by atoms with Crippen molar-refractivity contribution in [3.8, 4) is 17.2 Å². The molecule has 27 heavy (non-hydrogen) atoms. The van der Waals surface area contributed by atoms with Crippen molar-refractivity contribution in [3.63, 3.8) is 0 Å². The number of ether oxygens (including phenoxy) is 4. The maximum Gasteiger partial charge on any atom is 0.331 e. The molecule has 0 radical (unpaired) electrons. The lowest BCUT2D eigenvalue weighted by molar-refractivity contribution is -0.142. The van der Waals surface area contributed by atoms with Gasteiger partial charge < -0.3 is 18.9 Å². The van der Waals surface area contributed by atoms with Gasteiger partial charge in [-0.3, -0.25) is 0 Å². The van der Waals surface area contributed by atoms with Gasteiger partial charge in [0.25, 0.3) is 0 Å². The van der Waals surface area contributed by atoms with Gasteiger partial charge in [0, 0.05) is 11.6 Å². The summed E-state index contributed by atoms with van der Waals surface area (Å²) in [5.74, 6) is 1.49. The van der Waals surface area contributed by atoms with Gasteiger partial charge in [0.05, 0.1) is 25.9 Å². The second-order valence-electron chi connectivity index (χ2n) is 6.35. The summed E-state index contributed by atoms with van der Waals surface area (Å²) in [7, 11) is 0. The number of hydrogen-bond acceptors (Lipinski definition) is 5. The van der Waals surface area contributed by atoms with Crippen LogP contribution >= 0.6 is 0 Å². The third kappa shape index (κ3) is 7.94. The van der Waals surface area contributed by atoms with Crippen molar-refractivity contribution in [1.82, 2.24) is 0 Å². The summed E-state index contributed by atoms with van der Waals surface area (Å²) in [4.78, 5) is 12.0. The quantitative estimate of drug-likeness (QED) is 0.339. The van der Waals surface area contributed by atoms with Gasteiger partial charge in [0.2, 0.25) is 5.75 Å². The average molecular weight is 379 g/mol. The van der Waals surface area contributed by atoms with E-state index in [-0.39, 0.29) is 12.1 Å². The van der Waals surface area contributed by atoms with Gasteiger partial charge in [0.1, 0.15) is 0 Å². The minimum absolute atomic E-state index is 0.105. The van der Waals surface area contributed by atoms with Crippen molar-refractivity contribution in [2.24, 2.45) is 0 Å². The molecule has 1 unspecified atom stereocenters. The van der Waals surface area contributed by atoms with E-state index in [0.717, 1.165) is 31.2 Å². The highest BCUT2D eigenvalue weighted by molar-refractivity contribution is 5.88. The highest BCUT2D eigenvalue weighted by Crippen LogP contribution is 2.41. The fourth-order valence-electron chi connectivity index (χ4n) is 2.19. The Balaban J connectivity index is 3.18. The zero-order chi connectivity index (χ0) is 20.1. The Hall–Kier alpha value is -2.17. The molecule has 0 aromatic heterocycles. The van der Waals surface area contributed by atoms with Crippen LogP contribution in [0, 0.1) is 0 Å². The van der Waals surface area contributed by atoms with E-state index in [1.807, 2.05) is 39.8 Å². The van der Waals surface area contributed by atoms with E-state index in [1.54, 1.807) is 6.08 Å². The maximum atomic E-state index is 12.0. The molecular formula is C22H34O5. The van der Waals surface area contributed by atoms with Crippen LogP contribution in [0.25, 0.3) is 6.08 Å². The van der Waals surface area contributed by atoms with E-state index in [1.165, 1.54) is 6.08 Å². The molecule has 0 aliphatic heterocycles. The first-order chi connectivity index (χ1) is 13.1. The Labute approximate surface area is 163 Å². The van der Waals surface area contributed by atoms with Crippen molar-refractivity contribution in [2.75, 3.05) is 19.8 Å². The van der Waals surface area contributed by atoms with Crippen LogP contribution in [0.3, 0.4) is 0 Å². The maximum absolute atomic E-state index is 12.0. The van der Waals surface area contributed by atoms with Crippen LogP contribution < -0.4 is 14.2 Å². The Morgan fingerprint density at radius 3 is 2.11 bits per heavy atom. The number of benzene rings is 1. The minimum atomic E-state index is -0.367. The average Bonchev–Trinajstić information content (AvgIpc) is 2.67. The fourth-order valence-corrected chi connectivity index (χ4v) is 2.19. The van der Waals surface area contributed by atoms with Crippen LogP contribution in [0.4, 0.5) is 0 Å². The molecule has 1 aromatic rings. The summed E-state index contributed by atoms with van der Waals surface area (Å²) in [6.45, 7) is 11.7. The minimum Gasteiger partial charge on any atom is -0.490 e. The summed E-state index contributed by atoms with van der Waals surface area (Å²) in [5, 5.41) is 0. The Morgan fingerprint density at radius 1 is 0.926 bits per heavy atom. The van der Waals surface area contributed by atoms with E-state index in [4.69, 9.17) is 18.9 Å². The third-order valence-corrected chi connectivity index (χ3v) is 3.76. The molecule has 0 amide bonds. The summed E-state index contributed by atoms with van der Waals surface area (Å²) in [6, 6.07) is 3.74. The predicted molar refractivity (Wildman–Crippen MR) is 109 cm³/mol. The molecule has 0 saturated carbocycles. The van der Waals surface area contributed by atoms with Crippen LogP contribution in [-0.4, -0.2) is 31.9 Å². The largest absolute Gasteiger partial charge is 0.490 e. The zero-order valence-corrected chi connectivity index (χ0v) is 17.4. The van der Waals surface area contributed by atoms with Crippen molar-refractivity contribution in [1.29, 1.82) is 0 Å². The molecule has 0 saturated heterocycles. The first-order valence-electron chi connectivity index (χ1n) is 10.0. The van der Waals surface area contributed by atoms with Gasteiger partial charge in [-0.15, -0.1) is 0 Å². The summed E-state index contributed by atoms with van der Waals surface area (Å²) < 4.78 is 23.0. The van der Waals surface area contributed by atoms with Crippen LogP contribution in [0.1, 0.15) is 65.9 Å². The first kappa shape index (κ1) is 22.9. The van der Waals surface area contributed by atoms with Crippen molar-refractivity contribution in [3.05, 3.63) is 23.8 Å². The lowest BCUT2D eigenvalue weighted by atomic mass is 10.1. The Kier molecular flexibility index (Phi) is 11.1. The normalized spacial score (nSPS) is 12.0. The van der Waals surface area contributed by atoms with E-state index < -0.39 is 0 Å². The topological polar surface area (TPSA) is 54.0 Å². The van der Waals surface area contributed by atoms with E-state index in [0.29, 0.717) is 37.1 Å². The smallest absolute Gasteiger partial charge is 0.331 e. The summed E-state index contributed by atoms with van der Waals surface area (Å²) in [5.41, 5.74) is 0.763. The molecule has 0 aliphatic rings. The first-order valence-corrected chi connectivity index (χ1v) is 10.0. The highest BCUT2D eigenvalue weighted by atomic mass is 16.5. The SMILES string of the molecule is CCCOc1ccc(C=CC(=O)OC(C)CC)c(OCCC)c1OCCC. The number of carbonyl (C=O) groups is 1. The van der Waals surface area contributed by atoms with Gasteiger partial charge in [-0.2, -0.15) is 0 Å². The van der Waals surface area contributed by atoms with E-state index in [2.05, 4.69) is 6.92 Å². The van der Waals surface area contributed by atoms with E-state index in [9.17, 15) is 4.79 Å². The molecule has 0 N–H and O–H groups in total. The molecule has 0 aliphatic carbocycles. The Bertz CT molecular complexity index is 595. The van der Waals surface area contributed by atoms with Crippen molar-refractivity contribution in [2.45, 2.75) is 66.4 Å². The summed E-state index contributed by atoms with van der Waals surface area (Å²) >= 11 is 0. The highest BCUT2D eigenvalue weighted by Gasteiger charge is 2.17. The van der Waals surface area contributed by atoms with Gasteiger partial charge in [-0.05, 0) is 50.8 Å². The molecule has 5 heteroatoms. The van der Waals surface area contributed by atoms with E-state index >= 15 is 0 Å². The third-order valence-electron chi connectivity index (χ3n) is 3.76. The molecule has 5 nitrogen and oxygen atoms in total. The lowest BCUT2D eigenvalue weighted by Gasteiger charge is -2.18. The Morgan fingerprint density at radius 2 is 1.52 bits per heavy atom. The van der Waals surface area contributed by atoms with Crippen LogP contribution in [0.15, 0.2) is 18.2 Å². The zero-order valence-electron chi connectivity index (χ0n) is 17.4. The number of hydrogen-bond donors (Lipinski definition) is 0. The monoisotopic (exact) mass is 378 g/mol. The van der Waals surface area contributed by atoms with Crippen LogP contribution in [0.5, 0.6) is 17.2 Å². The molecule has 0 bridgehead atoms. The molecule has 152 valence electrons. The number of esters is 1. The molecule has 0 fully saturated rings. The summed E-state index contributed by atoms with van der Waals surface area (Å²) in [6.07, 6.45) is 6.46. The van der Waals surface area contributed by atoms with Crippen molar-refractivity contribution < 1.29 is 23.7 Å². The molecule has 1 rings (SSSR count). The molecular weight excluding hydrogens is 344 g/mol. The lowest BCUT2D eigenvalue weighted by Crippen LogP contribution is -2.11. The second-order valence-corrected chi connectivity index (χ2v) is 6.35. The van der Waals surface area contributed by atoms with Crippen LogP contribution in [-0.2, 0) is 9.53 Å². The predicted octanol–water partition coefficient (Wildman–Crippen LogP) is 5.41. The van der Waals surface area contributed by atoms with Gasteiger partial charge >= 0.3 is 5.97 Å². The van der Waals surface area contributed by atoms with Gasteiger partial charge in [-0.1, -0.05) is 27.7 Å². The van der Waals surface area contributed by atoms with Gasteiger partial charge in [0.15, 0.2) is 11.5 Å². The van der Waals surface area contributed by atoms with Gasteiger partial charge in [-0.25, -0.2) is 4.79 Å². The standard InChI is InChI=1S/C22H34O5/c1-6-14-24-19-12-10-18(11-13-20(23)27-17(5)9-4)21(25-15-7-2)22(19)26-16-8-3/h10-13,17H,6-9,14-16H2,1-5H3. The number of carbonyl (C=O) groups excluding carboxylic acids is 1. The van der Waals surface area contributed by atoms with Crippen LogP contribution in [0.2, 0.25) is 0 Å². The van der Waals surface area contributed by atoms with Crippen molar-refractivity contribution >= 4 is 12.0 Å².